The molecular weight excluding hydrogens is 240 g/mol. The Hall–Kier alpha value is -0.190. The van der Waals surface area contributed by atoms with Crippen molar-refractivity contribution >= 4 is 27.0 Å². The molecule has 1 aromatic carbocycles. The van der Waals surface area contributed by atoms with Gasteiger partial charge < -0.3 is 4.55 Å². The lowest BCUT2D eigenvalue weighted by molar-refractivity contribution is 0.563. The first-order chi connectivity index (χ1) is 5.74. The summed E-state index contributed by atoms with van der Waals surface area (Å²) in [6.07, 6.45) is 0. The Morgan fingerprint density at radius 2 is 1.92 bits per heavy atom. The van der Waals surface area contributed by atoms with Crippen molar-refractivity contribution in [2.24, 2.45) is 0 Å². The molecule has 1 rings (SSSR count). The van der Waals surface area contributed by atoms with Gasteiger partial charge in [-0.1, -0.05) is 40.2 Å². The molecule has 0 heterocycles. The van der Waals surface area contributed by atoms with Gasteiger partial charge in [0.2, 0.25) is 0 Å². The van der Waals surface area contributed by atoms with Gasteiger partial charge in [-0.25, -0.2) is 4.21 Å². The second-order valence-corrected chi connectivity index (χ2v) is 3.86. The lowest BCUT2D eigenvalue weighted by Gasteiger charge is -2.02. The molecule has 66 valence electrons. The molecule has 0 aliphatic carbocycles. The average Bonchev–Trinajstić information content (AvgIpc) is 2.04. The minimum absolute atomic E-state index is 0.210. The predicted molar refractivity (Wildman–Crippen MR) is 53.5 cm³/mol. The Labute approximate surface area is 82.4 Å². The molecule has 0 aliphatic rings. The molecule has 1 N–H and O–H groups in total. The summed E-state index contributed by atoms with van der Waals surface area (Å²) >= 11 is 1.57. The van der Waals surface area contributed by atoms with Crippen molar-refractivity contribution < 1.29 is 8.76 Å². The highest BCUT2D eigenvalue weighted by Crippen LogP contribution is 2.13. The number of halogens is 1. The van der Waals surface area contributed by atoms with E-state index in [2.05, 4.69) is 15.9 Å². The molecule has 12 heavy (non-hydrogen) atoms. The Bertz CT molecular complexity index is 288. The van der Waals surface area contributed by atoms with Crippen molar-refractivity contribution in [1.29, 1.82) is 0 Å². The minimum atomic E-state index is -1.75. The largest absolute Gasteiger partial charge is 0.306 e. The zero-order valence-corrected chi connectivity index (χ0v) is 8.77. The SMILES string of the molecule is O=S(O)Cc1ccccc1CBr. The molecule has 1 unspecified atom stereocenters. The number of hydrogen-bond acceptors (Lipinski definition) is 1. The molecule has 0 aliphatic heterocycles. The third-order valence-corrected chi connectivity index (χ3v) is 2.70. The smallest absolute Gasteiger partial charge is 0.157 e. The molecule has 0 radical (unpaired) electrons. The van der Waals surface area contributed by atoms with Gasteiger partial charge in [0.25, 0.3) is 0 Å². The zero-order valence-electron chi connectivity index (χ0n) is 6.37. The third kappa shape index (κ3) is 2.69. The molecule has 4 heteroatoms. The predicted octanol–water partition coefficient (Wildman–Crippen LogP) is 2.30. The highest BCUT2D eigenvalue weighted by Gasteiger charge is 2.02. The van der Waals surface area contributed by atoms with E-state index < -0.39 is 11.1 Å². The van der Waals surface area contributed by atoms with Crippen molar-refractivity contribution in [1.82, 2.24) is 0 Å². The number of rotatable bonds is 3. The van der Waals surface area contributed by atoms with E-state index in [1.807, 2.05) is 24.3 Å². The highest BCUT2D eigenvalue weighted by atomic mass is 79.9. The van der Waals surface area contributed by atoms with Crippen LogP contribution < -0.4 is 0 Å². The molecule has 0 fully saturated rings. The maximum Gasteiger partial charge on any atom is 0.157 e. The van der Waals surface area contributed by atoms with Crippen LogP contribution in [-0.2, 0) is 22.2 Å². The fourth-order valence-electron chi connectivity index (χ4n) is 0.962. The lowest BCUT2D eigenvalue weighted by Crippen LogP contribution is -1.96. The van der Waals surface area contributed by atoms with E-state index in [-0.39, 0.29) is 5.75 Å². The van der Waals surface area contributed by atoms with Crippen molar-refractivity contribution in [3.05, 3.63) is 35.4 Å². The van der Waals surface area contributed by atoms with Crippen LogP contribution in [-0.4, -0.2) is 8.76 Å². The van der Waals surface area contributed by atoms with Gasteiger partial charge in [0.1, 0.15) is 0 Å². The molecule has 1 atom stereocenters. The summed E-state index contributed by atoms with van der Waals surface area (Å²) < 4.78 is 19.2. The Morgan fingerprint density at radius 3 is 2.42 bits per heavy atom. The van der Waals surface area contributed by atoms with Crippen molar-refractivity contribution in [2.45, 2.75) is 11.1 Å². The highest BCUT2D eigenvalue weighted by molar-refractivity contribution is 9.08. The normalized spacial score (nSPS) is 12.8. The Kier molecular flexibility index (Phi) is 3.91. The lowest BCUT2D eigenvalue weighted by atomic mass is 10.1. The van der Waals surface area contributed by atoms with Crippen LogP contribution in [0.15, 0.2) is 24.3 Å². The van der Waals surface area contributed by atoms with E-state index in [9.17, 15) is 4.21 Å². The van der Waals surface area contributed by atoms with Gasteiger partial charge in [0, 0.05) is 5.33 Å². The summed E-state index contributed by atoms with van der Waals surface area (Å²) in [7, 11) is 0. The third-order valence-electron chi connectivity index (χ3n) is 1.54. The molecule has 1 aromatic rings. The molecular formula is C8H9BrO2S. The molecule has 0 bridgehead atoms. The fraction of sp³-hybridized carbons (Fsp3) is 0.250. The topological polar surface area (TPSA) is 37.3 Å². The van der Waals surface area contributed by atoms with Crippen molar-refractivity contribution in [3.8, 4) is 0 Å². The standard InChI is InChI=1S/C8H9BrO2S/c9-5-7-3-1-2-4-8(7)6-12(10)11/h1-4H,5-6H2,(H,10,11). The first-order valence-electron chi connectivity index (χ1n) is 3.44. The second kappa shape index (κ2) is 4.74. The molecule has 0 saturated heterocycles. The van der Waals surface area contributed by atoms with E-state index in [0.29, 0.717) is 0 Å². The van der Waals surface area contributed by atoms with Crippen LogP contribution in [0.4, 0.5) is 0 Å². The van der Waals surface area contributed by atoms with Gasteiger partial charge in [-0.15, -0.1) is 0 Å². The second-order valence-electron chi connectivity index (χ2n) is 2.37. The van der Waals surface area contributed by atoms with Crippen molar-refractivity contribution in [2.75, 3.05) is 0 Å². The number of hydrogen-bond donors (Lipinski definition) is 1. The van der Waals surface area contributed by atoms with Crippen LogP contribution in [0.3, 0.4) is 0 Å². The summed E-state index contributed by atoms with van der Waals surface area (Å²) in [5, 5.41) is 0.723. The van der Waals surface area contributed by atoms with Crippen LogP contribution >= 0.6 is 15.9 Å². The maximum absolute atomic E-state index is 10.5. The maximum atomic E-state index is 10.5. The van der Waals surface area contributed by atoms with Gasteiger partial charge in [0.05, 0.1) is 5.75 Å². The summed E-state index contributed by atoms with van der Waals surface area (Å²) in [6, 6.07) is 7.59. The monoisotopic (exact) mass is 248 g/mol. The van der Waals surface area contributed by atoms with Crippen LogP contribution in [0.1, 0.15) is 11.1 Å². The van der Waals surface area contributed by atoms with Gasteiger partial charge >= 0.3 is 0 Å². The fourth-order valence-corrected chi connectivity index (χ4v) is 2.06. The Balaban J connectivity index is 2.89. The Morgan fingerprint density at radius 1 is 1.33 bits per heavy atom. The molecule has 0 amide bonds. The van der Waals surface area contributed by atoms with E-state index >= 15 is 0 Å². The average molecular weight is 249 g/mol. The summed E-state index contributed by atoms with van der Waals surface area (Å²) in [6.45, 7) is 0. The first-order valence-corrected chi connectivity index (χ1v) is 5.84. The quantitative estimate of drug-likeness (QED) is 0.659. The van der Waals surface area contributed by atoms with Crippen LogP contribution in [0, 0.1) is 0 Å². The van der Waals surface area contributed by atoms with E-state index in [0.717, 1.165) is 16.5 Å². The van der Waals surface area contributed by atoms with Gasteiger partial charge in [-0.2, -0.15) is 0 Å². The van der Waals surface area contributed by atoms with Gasteiger partial charge in [0.15, 0.2) is 11.1 Å². The summed E-state index contributed by atoms with van der Waals surface area (Å²) in [5.41, 5.74) is 2.00. The summed E-state index contributed by atoms with van der Waals surface area (Å²) in [4.78, 5) is 0. The van der Waals surface area contributed by atoms with E-state index in [4.69, 9.17) is 4.55 Å². The minimum Gasteiger partial charge on any atom is -0.306 e. The van der Waals surface area contributed by atoms with Gasteiger partial charge in [-0.3, -0.25) is 0 Å². The van der Waals surface area contributed by atoms with Crippen LogP contribution in [0.25, 0.3) is 0 Å². The first kappa shape index (κ1) is 9.89. The van der Waals surface area contributed by atoms with Gasteiger partial charge in [-0.05, 0) is 11.1 Å². The van der Waals surface area contributed by atoms with Crippen LogP contribution in [0.5, 0.6) is 0 Å². The van der Waals surface area contributed by atoms with E-state index in [1.165, 1.54) is 0 Å². The molecule has 0 aromatic heterocycles. The molecule has 0 saturated carbocycles. The van der Waals surface area contributed by atoms with E-state index in [1.54, 1.807) is 0 Å². The number of benzene rings is 1. The molecule has 2 nitrogen and oxygen atoms in total. The molecule has 0 spiro atoms. The van der Waals surface area contributed by atoms with Crippen molar-refractivity contribution in [3.63, 3.8) is 0 Å². The summed E-state index contributed by atoms with van der Waals surface area (Å²) in [5.74, 6) is 0.210. The number of alkyl halides is 1. The zero-order chi connectivity index (χ0) is 8.97. The van der Waals surface area contributed by atoms with Crippen LogP contribution in [0.2, 0.25) is 0 Å².